The Labute approximate surface area is 94.0 Å². The number of carbonyl (C=O) groups excluding carboxylic acids is 1. The topological polar surface area (TPSA) is 80.9 Å². The van der Waals surface area contributed by atoms with Gasteiger partial charge in [-0.25, -0.2) is 9.97 Å². The van der Waals surface area contributed by atoms with Gasteiger partial charge in [0.15, 0.2) is 5.13 Å². The van der Waals surface area contributed by atoms with Crippen molar-refractivity contribution in [3.8, 4) is 0 Å². The molecule has 0 radical (unpaired) electrons. The third-order valence-corrected chi connectivity index (χ3v) is 3.09. The predicted octanol–water partition coefficient (Wildman–Crippen LogP) is 1.11. The van der Waals surface area contributed by atoms with Crippen LogP contribution in [-0.2, 0) is 6.54 Å². The molecule has 2 heterocycles. The van der Waals surface area contributed by atoms with Crippen molar-refractivity contribution in [2.24, 2.45) is 0 Å². The Bertz CT molecular complexity index is 451. The van der Waals surface area contributed by atoms with Crippen LogP contribution in [0, 0.1) is 0 Å². The summed E-state index contributed by atoms with van der Waals surface area (Å²) in [5.41, 5.74) is 5.78. The first kappa shape index (κ1) is 10.1. The van der Waals surface area contributed by atoms with Gasteiger partial charge in [-0.2, -0.15) is 0 Å². The largest absolute Gasteiger partial charge is 0.375 e. The van der Waals surface area contributed by atoms with Crippen molar-refractivity contribution in [3.05, 3.63) is 27.7 Å². The average Bonchev–Trinajstić information content (AvgIpc) is 2.84. The van der Waals surface area contributed by atoms with Crippen molar-refractivity contribution in [2.75, 3.05) is 5.73 Å². The number of aromatic nitrogens is 2. The molecule has 0 aliphatic carbocycles. The third-order valence-electron chi connectivity index (χ3n) is 1.64. The fourth-order valence-corrected chi connectivity index (χ4v) is 2.08. The van der Waals surface area contributed by atoms with E-state index in [2.05, 4.69) is 15.3 Å². The molecule has 0 spiro atoms. The molecule has 0 unspecified atom stereocenters. The molecule has 7 heteroatoms. The van der Waals surface area contributed by atoms with Gasteiger partial charge in [0.25, 0.3) is 5.91 Å². The highest BCUT2D eigenvalue weighted by Gasteiger charge is 2.09. The van der Waals surface area contributed by atoms with Crippen LogP contribution in [0.3, 0.4) is 0 Å². The molecular weight excluding hydrogens is 232 g/mol. The Morgan fingerprint density at radius 2 is 2.40 bits per heavy atom. The number of thiazole rings is 2. The molecule has 0 atom stereocenters. The number of amides is 1. The minimum atomic E-state index is -0.224. The molecule has 5 nitrogen and oxygen atoms in total. The lowest BCUT2D eigenvalue weighted by atomic mass is 10.4. The summed E-state index contributed by atoms with van der Waals surface area (Å²) >= 11 is 2.75. The molecule has 2 rings (SSSR count). The summed E-state index contributed by atoms with van der Waals surface area (Å²) in [6.45, 7) is 0.425. The quantitative estimate of drug-likeness (QED) is 0.842. The maximum absolute atomic E-state index is 11.5. The van der Waals surface area contributed by atoms with Crippen LogP contribution < -0.4 is 11.1 Å². The number of hydrogen-bond acceptors (Lipinski definition) is 6. The maximum atomic E-state index is 11.5. The van der Waals surface area contributed by atoms with Crippen molar-refractivity contribution >= 4 is 33.7 Å². The van der Waals surface area contributed by atoms with Crippen molar-refractivity contribution in [3.63, 3.8) is 0 Å². The number of nitrogens with zero attached hydrogens (tertiary/aromatic N) is 2. The molecule has 0 bridgehead atoms. The van der Waals surface area contributed by atoms with Gasteiger partial charge >= 0.3 is 0 Å². The third kappa shape index (κ3) is 2.51. The molecular formula is C8H8N4OS2. The van der Waals surface area contributed by atoms with E-state index in [4.69, 9.17) is 5.73 Å². The number of nitrogens with two attached hydrogens (primary N) is 1. The zero-order valence-corrected chi connectivity index (χ0v) is 9.27. The number of carbonyl (C=O) groups is 1. The Balaban J connectivity index is 1.93. The van der Waals surface area contributed by atoms with Crippen LogP contribution in [0.4, 0.5) is 5.13 Å². The summed E-state index contributed by atoms with van der Waals surface area (Å²) in [5, 5.41) is 7.47. The van der Waals surface area contributed by atoms with E-state index in [0.717, 1.165) is 5.01 Å². The Kier molecular flexibility index (Phi) is 2.93. The van der Waals surface area contributed by atoms with Crippen molar-refractivity contribution < 1.29 is 4.79 Å². The number of nitrogen functional groups attached to an aromatic ring is 1. The monoisotopic (exact) mass is 240 g/mol. The van der Waals surface area contributed by atoms with E-state index in [-0.39, 0.29) is 5.91 Å². The summed E-state index contributed by atoms with van der Waals surface area (Å²) in [6, 6.07) is 0. The molecule has 2 aromatic rings. The molecule has 78 valence electrons. The second-order valence-electron chi connectivity index (χ2n) is 2.68. The molecule has 0 saturated heterocycles. The second-order valence-corrected chi connectivity index (χ2v) is 4.55. The van der Waals surface area contributed by atoms with E-state index in [0.29, 0.717) is 17.4 Å². The van der Waals surface area contributed by atoms with Crippen LogP contribution in [0.25, 0.3) is 0 Å². The van der Waals surface area contributed by atoms with E-state index >= 15 is 0 Å². The summed E-state index contributed by atoms with van der Waals surface area (Å²) in [7, 11) is 0. The molecule has 0 saturated carbocycles. The second kappa shape index (κ2) is 4.37. The van der Waals surface area contributed by atoms with Crippen LogP contribution >= 0.6 is 22.7 Å². The molecule has 15 heavy (non-hydrogen) atoms. The SMILES string of the molecule is Nc1nc(C(=O)NCc2nccs2)cs1. The molecule has 0 aliphatic heterocycles. The standard InChI is InChI=1S/C8H8N4OS2/c9-8-12-5(4-15-8)7(13)11-3-6-10-1-2-14-6/h1-2,4H,3H2,(H2,9,12)(H,11,13). The van der Waals surface area contributed by atoms with E-state index in [1.54, 1.807) is 11.6 Å². The first-order valence-corrected chi connectivity index (χ1v) is 5.89. The predicted molar refractivity (Wildman–Crippen MR) is 59.8 cm³/mol. The summed E-state index contributed by atoms with van der Waals surface area (Å²) in [5.74, 6) is -0.224. The van der Waals surface area contributed by atoms with Crippen molar-refractivity contribution in [1.29, 1.82) is 0 Å². The van der Waals surface area contributed by atoms with Gasteiger partial charge in [0.2, 0.25) is 0 Å². The van der Waals surface area contributed by atoms with Gasteiger partial charge < -0.3 is 11.1 Å². The van der Waals surface area contributed by atoms with E-state index in [1.807, 2.05) is 5.38 Å². The zero-order valence-electron chi connectivity index (χ0n) is 7.64. The lowest BCUT2D eigenvalue weighted by molar-refractivity contribution is 0.0946. The summed E-state index contributed by atoms with van der Waals surface area (Å²) < 4.78 is 0. The van der Waals surface area contributed by atoms with E-state index in [9.17, 15) is 4.79 Å². The molecule has 2 aromatic heterocycles. The number of hydrogen-bond donors (Lipinski definition) is 2. The number of nitrogens with one attached hydrogen (secondary N) is 1. The van der Waals surface area contributed by atoms with Gasteiger partial charge in [0, 0.05) is 17.0 Å². The van der Waals surface area contributed by atoms with Gasteiger partial charge in [-0.1, -0.05) is 0 Å². The summed E-state index contributed by atoms with van der Waals surface area (Å²) in [4.78, 5) is 19.4. The van der Waals surface area contributed by atoms with Crippen molar-refractivity contribution in [2.45, 2.75) is 6.54 Å². The normalized spacial score (nSPS) is 10.1. The molecule has 0 aliphatic rings. The lowest BCUT2D eigenvalue weighted by Gasteiger charge is -1.98. The Morgan fingerprint density at radius 3 is 3.00 bits per heavy atom. The zero-order chi connectivity index (χ0) is 10.7. The Morgan fingerprint density at radius 1 is 1.53 bits per heavy atom. The highest BCUT2D eigenvalue weighted by atomic mass is 32.1. The fourth-order valence-electron chi connectivity index (χ4n) is 0.979. The van der Waals surface area contributed by atoms with Crippen molar-refractivity contribution in [1.82, 2.24) is 15.3 Å². The van der Waals surface area contributed by atoms with E-state index in [1.165, 1.54) is 22.7 Å². The first-order valence-electron chi connectivity index (χ1n) is 4.13. The first-order chi connectivity index (χ1) is 7.25. The lowest BCUT2D eigenvalue weighted by Crippen LogP contribution is -2.23. The van der Waals surface area contributed by atoms with Gasteiger partial charge in [0.05, 0.1) is 6.54 Å². The minimum Gasteiger partial charge on any atom is -0.375 e. The number of rotatable bonds is 3. The highest BCUT2D eigenvalue weighted by molar-refractivity contribution is 7.13. The summed E-state index contributed by atoms with van der Waals surface area (Å²) in [6.07, 6.45) is 1.70. The Hall–Kier alpha value is -1.47. The maximum Gasteiger partial charge on any atom is 0.271 e. The van der Waals surface area contributed by atoms with Gasteiger partial charge in [0.1, 0.15) is 10.7 Å². The molecule has 0 aromatic carbocycles. The van der Waals surface area contributed by atoms with Crippen LogP contribution in [0.2, 0.25) is 0 Å². The molecule has 3 N–H and O–H groups in total. The number of anilines is 1. The van der Waals surface area contributed by atoms with Crippen LogP contribution in [-0.4, -0.2) is 15.9 Å². The molecule has 1 amide bonds. The minimum absolute atomic E-state index is 0.224. The highest BCUT2D eigenvalue weighted by Crippen LogP contribution is 2.11. The smallest absolute Gasteiger partial charge is 0.271 e. The van der Waals surface area contributed by atoms with Gasteiger partial charge in [-0.05, 0) is 0 Å². The van der Waals surface area contributed by atoms with Crippen LogP contribution in [0.5, 0.6) is 0 Å². The van der Waals surface area contributed by atoms with Gasteiger partial charge in [-0.3, -0.25) is 4.79 Å². The van der Waals surface area contributed by atoms with E-state index < -0.39 is 0 Å². The van der Waals surface area contributed by atoms with Crippen LogP contribution in [0.1, 0.15) is 15.5 Å². The average molecular weight is 240 g/mol. The van der Waals surface area contributed by atoms with Crippen LogP contribution in [0.15, 0.2) is 17.0 Å². The fraction of sp³-hybridized carbons (Fsp3) is 0.125. The molecule has 0 fully saturated rings. The van der Waals surface area contributed by atoms with Gasteiger partial charge in [-0.15, -0.1) is 22.7 Å².